The molecule has 0 spiro atoms. The van der Waals surface area contributed by atoms with Crippen LogP contribution in [0.5, 0.6) is 0 Å². The Bertz CT molecular complexity index is 500. The van der Waals surface area contributed by atoms with E-state index in [4.69, 9.17) is 0 Å². The van der Waals surface area contributed by atoms with Crippen LogP contribution in [0, 0.1) is 11.3 Å². The van der Waals surface area contributed by atoms with Gasteiger partial charge in [0.15, 0.2) is 0 Å². The van der Waals surface area contributed by atoms with E-state index in [1.807, 2.05) is 6.07 Å². The first-order chi connectivity index (χ1) is 8.73. The van der Waals surface area contributed by atoms with E-state index in [0.29, 0.717) is 6.04 Å². The van der Waals surface area contributed by atoms with E-state index < -0.39 is 5.54 Å². The maximum atomic E-state index is 9.67. The molecule has 0 aliphatic heterocycles. The number of hydrogen-bond donors (Lipinski definition) is 1. The quantitative estimate of drug-likeness (QED) is 0.905. The van der Waals surface area contributed by atoms with Crippen molar-refractivity contribution >= 4 is 15.9 Å². The summed E-state index contributed by atoms with van der Waals surface area (Å²) >= 11 is 3.51. The average molecular weight is 305 g/mol. The molecule has 0 saturated heterocycles. The summed E-state index contributed by atoms with van der Waals surface area (Å²) in [5, 5.41) is 13.3. The molecule has 1 aromatic carbocycles. The minimum absolute atomic E-state index is 0.439. The van der Waals surface area contributed by atoms with Gasteiger partial charge in [0, 0.05) is 10.5 Å². The molecule has 3 rings (SSSR count). The molecule has 3 heteroatoms. The summed E-state index contributed by atoms with van der Waals surface area (Å²) in [5.74, 6) is 0. The highest BCUT2D eigenvalue weighted by molar-refractivity contribution is 9.10. The summed E-state index contributed by atoms with van der Waals surface area (Å²) < 4.78 is 1.11. The number of hydrogen-bond acceptors (Lipinski definition) is 2. The van der Waals surface area contributed by atoms with E-state index in [1.54, 1.807) is 0 Å². The Kier molecular flexibility index (Phi) is 3.17. The zero-order chi connectivity index (χ0) is 12.6. The second-order valence-electron chi connectivity index (χ2n) is 5.44. The molecular weight excluding hydrogens is 288 g/mol. The predicted octanol–water partition coefficient (Wildman–Crippen LogP) is 3.65. The van der Waals surface area contributed by atoms with Gasteiger partial charge in [-0.2, -0.15) is 5.26 Å². The fraction of sp³-hybridized carbons (Fsp3) is 0.533. The van der Waals surface area contributed by atoms with Gasteiger partial charge >= 0.3 is 0 Å². The smallest absolute Gasteiger partial charge is 0.133 e. The van der Waals surface area contributed by atoms with Crippen LogP contribution in [-0.4, -0.2) is 6.04 Å². The fourth-order valence-corrected chi connectivity index (χ4v) is 3.77. The van der Waals surface area contributed by atoms with Gasteiger partial charge in [-0.15, -0.1) is 0 Å². The maximum Gasteiger partial charge on any atom is 0.133 e. The van der Waals surface area contributed by atoms with E-state index in [9.17, 15) is 5.26 Å². The number of nitrogens with one attached hydrogen (secondary N) is 1. The van der Waals surface area contributed by atoms with Gasteiger partial charge in [0.2, 0.25) is 0 Å². The summed E-state index contributed by atoms with van der Waals surface area (Å²) in [6, 6.07) is 9.40. The maximum absolute atomic E-state index is 9.67. The van der Waals surface area contributed by atoms with Crippen molar-refractivity contribution in [2.75, 3.05) is 0 Å². The molecule has 2 aliphatic carbocycles. The molecule has 1 aromatic rings. The average Bonchev–Trinajstić information content (AvgIpc) is 2.98. The van der Waals surface area contributed by atoms with Crippen molar-refractivity contribution in [2.24, 2.45) is 0 Å². The number of aryl methyl sites for hydroxylation is 1. The van der Waals surface area contributed by atoms with Crippen molar-refractivity contribution in [3.05, 3.63) is 33.8 Å². The first kappa shape index (κ1) is 12.2. The monoisotopic (exact) mass is 304 g/mol. The standard InChI is InChI=1S/C15H17BrN2/c16-12-5-6-14-11(9-12)7-8-15(14,10-17)18-13-3-1-2-4-13/h5-6,9,13,18H,1-4,7-8H2. The Morgan fingerprint density at radius 1 is 1.33 bits per heavy atom. The number of nitriles is 1. The molecule has 0 aromatic heterocycles. The van der Waals surface area contributed by atoms with Gasteiger partial charge in [-0.3, -0.25) is 5.32 Å². The van der Waals surface area contributed by atoms with Crippen molar-refractivity contribution in [2.45, 2.75) is 50.1 Å². The third-order valence-electron chi connectivity index (χ3n) is 4.29. The molecule has 1 fully saturated rings. The van der Waals surface area contributed by atoms with Crippen LogP contribution < -0.4 is 5.32 Å². The molecule has 0 heterocycles. The summed E-state index contributed by atoms with van der Waals surface area (Å²) in [7, 11) is 0. The molecule has 1 N–H and O–H groups in total. The van der Waals surface area contributed by atoms with Crippen molar-refractivity contribution in [1.29, 1.82) is 5.26 Å². The van der Waals surface area contributed by atoms with E-state index in [2.05, 4.69) is 39.4 Å². The molecule has 2 aliphatic rings. The number of nitrogens with zero attached hydrogens (tertiary/aromatic N) is 1. The van der Waals surface area contributed by atoms with Crippen molar-refractivity contribution in [3.63, 3.8) is 0 Å². The molecule has 0 bridgehead atoms. The van der Waals surface area contributed by atoms with Crippen LogP contribution in [0.15, 0.2) is 22.7 Å². The normalized spacial score (nSPS) is 27.1. The van der Waals surface area contributed by atoms with Gasteiger partial charge in [0.05, 0.1) is 6.07 Å². The highest BCUT2D eigenvalue weighted by Gasteiger charge is 2.40. The van der Waals surface area contributed by atoms with Crippen LogP contribution in [0.4, 0.5) is 0 Å². The Morgan fingerprint density at radius 2 is 2.11 bits per heavy atom. The minimum atomic E-state index is -0.439. The SMILES string of the molecule is N#CC1(NC2CCCC2)CCc2cc(Br)ccc21. The fourth-order valence-electron chi connectivity index (χ4n) is 3.36. The van der Waals surface area contributed by atoms with Gasteiger partial charge in [-0.05, 0) is 48.9 Å². The Labute approximate surface area is 117 Å². The van der Waals surface area contributed by atoms with Gasteiger partial charge in [0.25, 0.3) is 0 Å². The minimum Gasteiger partial charge on any atom is -0.293 e. The van der Waals surface area contributed by atoms with Crippen LogP contribution in [0.3, 0.4) is 0 Å². The van der Waals surface area contributed by atoms with Crippen LogP contribution >= 0.6 is 15.9 Å². The lowest BCUT2D eigenvalue weighted by Gasteiger charge is -2.28. The zero-order valence-electron chi connectivity index (χ0n) is 10.4. The largest absolute Gasteiger partial charge is 0.293 e. The number of halogens is 1. The molecule has 18 heavy (non-hydrogen) atoms. The predicted molar refractivity (Wildman–Crippen MR) is 75.1 cm³/mol. The van der Waals surface area contributed by atoms with Gasteiger partial charge in [0.1, 0.15) is 5.54 Å². The summed E-state index contributed by atoms with van der Waals surface area (Å²) in [4.78, 5) is 0. The van der Waals surface area contributed by atoms with Crippen molar-refractivity contribution in [1.82, 2.24) is 5.32 Å². The molecule has 1 atom stereocenters. The van der Waals surface area contributed by atoms with E-state index in [-0.39, 0.29) is 0 Å². The summed E-state index contributed by atoms with van der Waals surface area (Å²) in [6.07, 6.45) is 6.94. The molecular formula is C15H17BrN2. The Hall–Kier alpha value is -0.850. The Balaban J connectivity index is 1.92. The molecule has 1 saturated carbocycles. The van der Waals surface area contributed by atoms with E-state index in [1.165, 1.54) is 36.8 Å². The first-order valence-electron chi connectivity index (χ1n) is 6.71. The van der Waals surface area contributed by atoms with E-state index in [0.717, 1.165) is 17.3 Å². The topological polar surface area (TPSA) is 35.8 Å². The van der Waals surface area contributed by atoms with Crippen LogP contribution in [0.2, 0.25) is 0 Å². The van der Waals surface area contributed by atoms with Crippen molar-refractivity contribution < 1.29 is 0 Å². The second kappa shape index (κ2) is 4.68. The highest BCUT2D eigenvalue weighted by atomic mass is 79.9. The van der Waals surface area contributed by atoms with Gasteiger partial charge in [-0.25, -0.2) is 0 Å². The third kappa shape index (κ3) is 1.98. The molecule has 2 nitrogen and oxygen atoms in total. The molecule has 1 unspecified atom stereocenters. The van der Waals surface area contributed by atoms with Crippen LogP contribution in [0.25, 0.3) is 0 Å². The molecule has 0 amide bonds. The number of fused-ring (bicyclic) bond motifs is 1. The number of rotatable bonds is 2. The first-order valence-corrected chi connectivity index (χ1v) is 7.51. The van der Waals surface area contributed by atoms with Crippen LogP contribution in [-0.2, 0) is 12.0 Å². The lowest BCUT2D eigenvalue weighted by Crippen LogP contribution is -2.44. The van der Waals surface area contributed by atoms with Gasteiger partial charge in [-0.1, -0.05) is 34.8 Å². The summed E-state index contributed by atoms with van der Waals surface area (Å²) in [5.41, 5.74) is 2.07. The lowest BCUT2D eigenvalue weighted by atomic mass is 9.92. The third-order valence-corrected chi connectivity index (χ3v) is 4.79. The molecule has 0 radical (unpaired) electrons. The lowest BCUT2D eigenvalue weighted by molar-refractivity contribution is 0.361. The number of benzene rings is 1. The van der Waals surface area contributed by atoms with Gasteiger partial charge < -0.3 is 0 Å². The van der Waals surface area contributed by atoms with Crippen molar-refractivity contribution in [3.8, 4) is 6.07 Å². The second-order valence-corrected chi connectivity index (χ2v) is 6.36. The van der Waals surface area contributed by atoms with Crippen LogP contribution in [0.1, 0.15) is 43.2 Å². The zero-order valence-corrected chi connectivity index (χ0v) is 12.0. The Morgan fingerprint density at radius 3 is 2.83 bits per heavy atom. The van der Waals surface area contributed by atoms with E-state index >= 15 is 0 Å². The highest BCUT2D eigenvalue weighted by Crippen LogP contribution is 2.39. The molecule has 94 valence electrons. The summed E-state index contributed by atoms with van der Waals surface area (Å²) in [6.45, 7) is 0.